The first-order valence-electron chi connectivity index (χ1n) is 8.17. The first-order chi connectivity index (χ1) is 10.2. The van der Waals surface area contributed by atoms with E-state index < -0.39 is 0 Å². The van der Waals surface area contributed by atoms with Crippen molar-refractivity contribution in [3.8, 4) is 0 Å². The van der Waals surface area contributed by atoms with Crippen LogP contribution in [-0.2, 0) is 0 Å². The largest absolute Gasteiger partial charge is 0.368 e. The minimum absolute atomic E-state index is 0.125. The van der Waals surface area contributed by atoms with Crippen LogP contribution in [0, 0.1) is 0 Å². The number of halogens is 1. The molecule has 1 saturated heterocycles. The summed E-state index contributed by atoms with van der Waals surface area (Å²) in [7, 11) is 0. The van der Waals surface area contributed by atoms with Crippen LogP contribution in [0.2, 0.25) is 5.02 Å². The summed E-state index contributed by atoms with van der Waals surface area (Å²) < 4.78 is 0. The van der Waals surface area contributed by atoms with E-state index in [0.717, 1.165) is 44.2 Å². The Hall–Kier alpha value is -0.770. The van der Waals surface area contributed by atoms with Crippen molar-refractivity contribution in [2.24, 2.45) is 5.73 Å². The molecule has 1 aliphatic heterocycles. The number of nitrogens with zero attached hydrogens (tertiary/aromatic N) is 2. The number of hydrogen-bond donors (Lipinski definition) is 1. The van der Waals surface area contributed by atoms with E-state index in [1.807, 2.05) is 12.1 Å². The number of anilines is 1. The molecule has 2 aliphatic rings. The molecule has 1 saturated carbocycles. The maximum absolute atomic E-state index is 6.46. The SMILES string of the molecule is NC1(CCN2CCN(c3ccccc3Cl)CC2)CCCC1. The van der Waals surface area contributed by atoms with E-state index >= 15 is 0 Å². The molecule has 3 rings (SSSR count). The summed E-state index contributed by atoms with van der Waals surface area (Å²) in [4.78, 5) is 4.95. The fraction of sp³-hybridized carbons (Fsp3) is 0.647. The number of benzene rings is 1. The van der Waals surface area contributed by atoms with Crippen LogP contribution in [0.4, 0.5) is 5.69 Å². The highest BCUT2D eigenvalue weighted by atomic mass is 35.5. The van der Waals surface area contributed by atoms with Crippen molar-refractivity contribution in [2.75, 3.05) is 37.6 Å². The summed E-state index contributed by atoms with van der Waals surface area (Å²) in [6, 6.07) is 8.14. The molecule has 0 amide bonds. The van der Waals surface area contributed by atoms with Crippen LogP contribution in [0.3, 0.4) is 0 Å². The first-order valence-corrected chi connectivity index (χ1v) is 8.55. The lowest BCUT2D eigenvalue weighted by Crippen LogP contribution is -2.49. The lowest BCUT2D eigenvalue weighted by Gasteiger charge is -2.37. The normalized spacial score (nSPS) is 22.7. The fourth-order valence-corrected chi connectivity index (χ4v) is 3.89. The van der Waals surface area contributed by atoms with Gasteiger partial charge in [0.2, 0.25) is 0 Å². The molecule has 116 valence electrons. The lowest BCUT2D eigenvalue weighted by atomic mass is 9.94. The second-order valence-electron chi connectivity index (χ2n) is 6.60. The second kappa shape index (κ2) is 6.55. The highest BCUT2D eigenvalue weighted by Gasteiger charge is 2.30. The Bertz CT molecular complexity index is 463. The van der Waals surface area contributed by atoms with Gasteiger partial charge in [0, 0.05) is 38.3 Å². The van der Waals surface area contributed by atoms with Crippen LogP contribution in [0.5, 0.6) is 0 Å². The van der Waals surface area contributed by atoms with Gasteiger partial charge in [-0.05, 0) is 31.4 Å². The van der Waals surface area contributed by atoms with Crippen molar-refractivity contribution in [3.05, 3.63) is 29.3 Å². The number of piperazine rings is 1. The Morgan fingerprint density at radius 2 is 1.71 bits per heavy atom. The molecular weight excluding hydrogens is 282 g/mol. The van der Waals surface area contributed by atoms with E-state index in [9.17, 15) is 0 Å². The van der Waals surface area contributed by atoms with Crippen molar-refractivity contribution < 1.29 is 0 Å². The Labute approximate surface area is 133 Å². The highest BCUT2D eigenvalue weighted by Crippen LogP contribution is 2.30. The van der Waals surface area contributed by atoms with Crippen molar-refractivity contribution >= 4 is 17.3 Å². The van der Waals surface area contributed by atoms with Gasteiger partial charge in [0.15, 0.2) is 0 Å². The van der Waals surface area contributed by atoms with Gasteiger partial charge in [-0.2, -0.15) is 0 Å². The van der Waals surface area contributed by atoms with Crippen molar-refractivity contribution in [3.63, 3.8) is 0 Å². The smallest absolute Gasteiger partial charge is 0.0639 e. The standard InChI is InChI=1S/C17H26ClN3/c18-15-5-1-2-6-16(15)21-13-11-20(12-14-21)10-9-17(19)7-3-4-8-17/h1-2,5-6H,3-4,7-14,19H2. The summed E-state index contributed by atoms with van der Waals surface area (Å²) in [6.07, 6.45) is 6.21. The minimum atomic E-state index is 0.125. The van der Waals surface area contributed by atoms with Crippen molar-refractivity contribution in [1.29, 1.82) is 0 Å². The molecule has 0 radical (unpaired) electrons. The third kappa shape index (κ3) is 3.71. The van der Waals surface area contributed by atoms with Crippen LogP contribution >= 0.6 is 11.6 Å². The second-order valence-corrected chi connectivity index (χ2v) is 7.01. The molecule has 0 atom stereocenters. The highest BCUT2D eigenvalue weighted by molar-refractivity contribution is 6.33. The zero-order chi connectivity index (χ0) is 14.7. The van der Waals surface area contributed by atoms with Crippen molar-refractivity contribution in [1.82, 2.24) is 4.90 Å². The molecule has 2 fully saturated rings. The maximum atomic E-state index is 6.46. The zero-order valence-electron chi connectivity index (χ0n) is 12.7. The molecule has 1 aliphatic carbocycles. The predicted octanol–water partition coefficient (Wildman–Crippen LogP) is 3.12. The number of rotatable bonds is 4. The average molecular weight is 308 g/mol. The summed E-state index contributed by atoms with van der Waals surface area (Å²) in [5.41, 5.74) is 7.76. The molecule has 4 heteroatoms. The Morgan fingerprint density at radius 1 is 1.05 bits per heavy atom. The summed E-state index contributed by atoms with van der Waals surface area (Å²) in [6.45, 7) is 5.48. The van der Waals surface area contributed by atoms with Gasteiger partial charge in [-0.1, -0.05) is 36.6 Å². The maximum Gasteiger partial charge on any atom is 0.0639 e. The van der Waals surface area contributed by atoms with Crippen LogP contribution in [0.25, 0.3) is 0 Å². The van der Waals surface area contributed by atoms with Gasteiger partial charge >= 0.3 is 0 Å². The van der Waals surface area contributed by atoms with Gasteiger partial charge in [0.05, 0.1) is 10.7 Å². The van der Waals surface area contributed by atoms with Gasteiger partial charge in [0.25, 0.3) is 0 Å². The average Bonchev–Trinajstić information content (AvgIpc) is 2.94. The molecule has 2 N–H and O–H groups in total. The fourth-order valence-electron chi connectivity index (χ4n) is 3.63. The third-order valence-electron chi connectivity index (χ3n) is 5.09. The van der Waals surface area contributed by atoms with Crippen LogP contribution in [0.1, 0.15) is 32.1 Å². The Kier molecular flexibility index (Phi) is 4.72. The van der Waals surface area contributed by atoms with Gasteiger partial charge in [0.1, 0.15) is 0 Å². The van der Waals surface area contributed by atoms with Gasteiger partial charge in [-0.15, -0.1) is 0 Å². The number of nitrogens with two attached hydrogens (primary N) is 1. The van der Waals surface area contributed by atoms with Gasteiger partial charge in [-0.25, -0.2) is 0 Å². The third-order valence-corrected chi connectivity index (χ3v) is 5.41. The molecule has 0 aromatic heterocycles. The van der Waals surface area contributed by atoms with E-state index in [1.165, 1.54) is 31.4 Å². The molecule has 0 unspecified atom stereocenters. The monoisotopic (exact) mass is 307 g/mol. The molecule has 0 bridgehead atoms. The van der Waals surface area contributed by atoms with E-state index in [0.29, 0.717) is 0 Å². The summed E-state index contributed by atoms with van der Waals surface area (Å²) in [5, 5.41) is 0.859. The molecule has 21 heavy (non-hydrogen) atoms. The zero-order valence-corrected chi connectivity index (χ0v) is 13.5. The van der Waals surface area contributed by atoms with E-state index in [4.69, 9.17) is 17.3 Å². The number of hydrogen-bond acceptors (Lipinski definition) is 3. The summed E-state index contributed by atoms with van der Waals surface area (Å²) in [5.74, 6) is 0. The molecule has 0 spiro atoms. The molecule has 1 heterocycles. The first kappa shape index (κ1) is 15.1. The topological polar surface area (TPSA) is 32.5 Å². The Balaban J connectivity index is 1.48. The Morgan fingerprint density at radius 3 is 2.38 bits per heavy atom. The van der Waals surface area contributed by atoms with E-state index in [-0.39, 0.29) is 5.54 Å². The van der Waals surface area contributed by atoms with Crippen LogP contribution < -0.4 is 10.6 Å². The van der Waals surface area contributed by atoms with Crippen molar-refractivity contribution in [2.45, 2.75) is 37.6 Å². The molecular formula is C17H26ClN3. The molecule has 1 aromatic carbocycles. The van der Waals surface area contributed by atoms with Gasteiger partial charge in [-0.3, -0.25) is 4.90 Å². The van der Waals surface area contributed by atoms with Crippen LogP contribution in [-0.4, -0.2) is 43.2 Å². The number of para-hydroxylation sites is 1. The lowest BCUT2D eigenvalue weighted by molar-refractivity contribution is 0.227. The summed E-state index contributed by atoms with van der Waals surface area (Å²) >= 11 is 6.29. The van der Waals surface area contributed by atoms with E-state index in [2.05, 4.69) is 21.9 Å². The quantitative estimate of drug-likeness (QED) is 0.927. The molecule has 1 aromatic rings. The van der Waals surface area contributed by atoms with Gasteiger partial charge < -0.3 is 10.6 Å². The predicted molar refractivity (Wildman–Crippen MR) is 90.1 cm³/mol. The minimum Gasteiger partial charge on any atom is -0.368 e. The van der Waals surface area contributed by atoms with Crippen LogP contribution in [0.15, 0.2) is 24.3 Å². The molecule has 3 nitrogen and oxygen atoms in total. The van der Waals surface area contributed by atoms with E-state index in [1.54, 1.807) is 0 Å².